The maximum Gasteiger partial charge on any atom is 0.222 e. The highest BCUT2D eigenvalue weighted by molar-refractivity contribution is 7.88. The molecule has 8 heteroatoms. The van der Waals surface area contributed by atoms with Crippen LogP contribution in [0.1, 0.15) is 30.5 Å². The number of sulfonamides is 1. The molecule has 0 aliphatic carbocycles. The van der Waals surface area contributed by atoms with E-state index in [0.717, 1.165) is 18.4 Å². The minimum absolute atomic E-state index is 0.108. The first-order valence-electron chi connectivity index (χ1n) is 6.15. The topological polar surface area (TPSA) is 98.3 Å². The number of aryl methyl sites for hydroxylation is 1. The molecule has 1 aromatic heterocycles. The lowest BCUT2D eigenvalue weighted by Crippen LogP contribution is -2.35. The van der Waals surface area contributed by atoms with E-state index in [-0.39, 0.29) is 11.7 Å². The Morgan fingerprint density at radius 1 is 1.42 bits per heavy atom. The van der Waals surface area contributed by atoms with Gasteiger partial charge in [0.25, 0.3) is 0 Å². The van der Waals surface area contributed by atoms with Crippen molar-refractivity contribution in [1.82, 2.24) is 14.7 Å². The lowest BCUT2D eigenvalue weighted by molar-refractivity contribution is -0.133. The average molecular weight is 286 g/mol. The van der Waals surface area contributed by atoms with Crippen LogP contribution in [-0.4, -0.2) is 35.6 Å². The fourth-order valence-corrected chi connectivity index (χ4v) is 3.01. The van der Waals surface area contributed by atoms with Gasteiger partial charge in [0.15, 0.2) is 0 Å². The number of primary sulfonamides is 1. The second kappa shape index (κ2) is 5.30. The Kier molecular flexibility index (Phi) is 3.91. The Hall–Kier alpha value is -1.41. The third-order valence-electron chi connectivity index (χ3n) is 3.27. The predicted molar refractivity (Wildman–Crippen MR) is 69.3 cm³/mol. The van der Waals surface area contributed by atoms with Crippen LogP contribution in [0.4, 0.5) is 0 Å². The van der Waals surface area contributed by atoms with Gasteiger partial charge in [0.1, 0.15) is 5.75 Å². The van der Waals surface area contributed by atoms with Crippen molar-refractivity contribution in [3.63, 3.8) is 0 Å². The van der Waals surface area contributed by atoms with Crippen molar-refractivity contribution in [1.29, 1.82) is 0 Å². The van der Waals surface area contributed by atoms with Gasteiger partial charge < -0.3 is 4.90 Å². The molecule has 1 aromatic rings. The van der Waals surface area contributed by atoms with E-state index < -0.39 is 10.0 Å². The van der Waals surface area contributed by atoms with Gasteiger partial charge in [-0.2, -0.15) is 5.10 Å². The summed E-state index contributed by atoms with van der Waals surface area (Å²) in [5.41, 5.74) is 1.28. The van der Waals surface area contributed by atoms with Gasteiger partial charge in [0.2, 0.25) is 15.9 Å². The minimum Gasteiger partial charge on any atom is -0.338 e. The van der Waals surface area contributed by atoms with Crippen LogP contribution in [0.5, 0.6) is 0 Å². The Morgan fingerprint density at radius 3 is 2.79 bits per heavy atom. The van der Waals surface area contributed by atoms with Crippen molar-refractivity contribution in [2.45, 2.75) is 31.6 Å². The maximum atomic E-state index is 11.8. The highest BCUT2D eigenvalue weighted by Crippen LogP contribution is 2.17. The van der Waals surface area contributed by atoms with Gasteiger partial charge in [0, 0.05) is 32.1 Å². The van der Waals surface area contributed by atoms with Crippen molar-refractivity contribution >= 4 is 15.9 Å². The highest BCUT2D eigenvalue weighted by Gasteiger charge is 2.21. The van der Waals surface area contributed by atoms with Gasteiger partial charge in [-0.3, -0.25) is 9.48 Å². The molecule has 1 fully saturated rings. The number of carbonyl (C=O) groups excluding carboxylic acids is 1. The molecule has 1 saturated heterocycles. The number of nitrogens with zero attached hydrogens (tertiary/aromatic N) is 3. The third kappa shape index (κ3) is 3.54. The summed E-state index contributed by atoms with van der Waals surface area (Å²) in [6.45, 7) is 1.11. The lowest BCUT2D eigenvalue weighted by Gasteiger charge is -2.26. The monoisotopic (exact) mass is 286 g/mol. The Bertz CT molecular complexity index is 579. The Labute approximate surface area is 112 Å². The third-order valence-corrected chi connectivity index (χ3v) is 3.94. The molecular formula is C11H18N4O3S. The smallest absolute Gasteiger partial charge is 0.222 e. The molecule has 2 rings (SSSR count). The molecule has 1 aliphatic heterocycles. The average Bonchev–Trinajstić information content (AvgIpc) is 2.63. The molecule has 2 heterocycles. The number of hydrogen-bond acceptors (Lipinski definition) is 4. The van der Waals surface area contributed by atoms with Gasteiger partial charge in [0.05, 0.1) is 11.9 Å². The van der Waals surface area contributed by atoms with E-state index in [1.165, 1.54) is 4.68 Å². The van der Waals surface area contributed by atoms with E-state index in [0.29, 0.717) is 25.2 Å². The zero-order valence-electron chi connectivity index (χ0n) is 10.9. The van der Waals surface area contributed by atoms with Crippen LogP contribution in [0.15, 0.2) is 6.20 Å². The number of hydrogen-bond donors (Lipinski definition) is 1. The number of likely N-dealkylation sites (tertiary alicyclic amines) is 1. The fraction of sp³-hybridized carbons (Fsp3) is 0.636. The number of nitrogens with two attached hydrogens (primary N) is 1. The summed E-state index contributed by atoms with van der Waals surface area (Å²) in [4.78, 5) is 13.5. The molecule has 7 nitrogen and oxygen atoms in total. The van der Waals surface area contributed by atoms with Gasteiger partial charge in [-0.1, -0.05) is 0 Å². The number of piperidine rings is 1. The first-order chi connectivity index (χ1) is 8.87. The van der Waals surface area contributed by atoms with Gasteiger partial charge in [-0.15, -0.1) is 0 Å². The first kappa shape index (κ1) is 14.0. The van der Waals surface area contributed by atoms with Crippen LogP contribution < -0.4 is 5.14 Å². The molecule has 0 spiro atoms. The van der Waals surface area contributed by atoms with Gasteiger partial charge in [-0.25, -0.2) is 13.6 Å². The van der Waals surface area contributed by atoms with E-state index in [1.54, 1.807) is 18.1 Å². The van der Waals surface area contributed by atoms with Gasteiger partial charge in [-0.05, 0) is 12.8 Å². The quantitative estimate of drug-likeness (QED) is 0.823. The molecule has 0 unspecified atom stereocenters. The molecule has 19 heavy (non-hydrogen) atoms. The fourth-order valence-electron chi connectivity index (χ4n) is 2.25. The molecule has 0 aromatic carbocycles. The normalized spacial score (nSPS) is 16.9. The molecular weight excluding hydrogens is 268 g/mol. The van der Waals surface area contributed by atoms with Crippen LogP contribution in [0.3, 0.4) is 0 Å². The van der Waals surface area contributed by atoms with Crippen LogP contribution in [0, 0.1) is 0 Å². The SMILES string of the molecule is Cn1ncc(CN2CCCCC2=O)c1CS(N)(=O)=O. The summed E-state index contributed by atoms with van der Waals surface area (Å²) in [6, 6.07) is 0. The van der Waals surface area contributed by atoms with Crippen LogP contribution in [-0.2, 0) is 34.2 Å². The maximum absolute atomic E-state index is 11.8. The summed E-state index contributed by atoms with van der Waals surface area (Å²) >= 11 is 0. The Morgan fingerprint density at radius 2 is 2.16 bits per heavy atom. The summed E-state index contributed by atoms with van der Waals surface area (Å²) < 4.78 is 23.9. The zero-order chi connectivity index (χ0) is 14.0. The molecule has 1 amide bonds. The van der Waals surface area contributed by atoms with Crippen molar-refractivity contribution in [3.05, 3.63) is 17.5 Å². The van der Waals surface area contributed by atoms with Crippen molar-refractivity contribution in [2.24, 2.45) is 12.2 Å². The van der Waals surface area contributed by atoms with E-state index in [4.69, 9.17) is 5.14 Å². The predicted octanol–water partition coefficient (Wildman–Crippen LogP) is -0.279. The standard InChI is InChI=1S/C11H18N4O3S/c1-14-10(8-19(12,17)18)9(6-13-14)7-15-5-3-2-4-11(15)16/h6H,2-5,7-8H2,1H3,(H2,12,17,18). The van der Waals surface area contributed by atoms with E-state index >= 15 is 0 Å². The first-order valence-corrected chi connectivity index (χ1v) is 7.86. The molecule has 2 N–H and O–H groups in total. The van der Waals surface area contributed by atoms with Crippen molar-refractivity contribution in [2.75, 3.05) is 6.54 Å². The number of aromatic nitrogens is 2. The van der Waals surface area contributed by atoms with Gasteiger partial charge >= 0.3 is 0 Å². The van der Waals surface area contributed by atoms with Crippen molar-refractivity contribution in [3.8, 4) is 0 Å². The summed E-state index contributed by atoms with van der Waals surface area (Å²) in [7, 11) is -1.94. The number of carbonyl (C=O) groups is 1. The summed E-state index contributed by atoms with van der Waals surface area (Å²) in [5.74, 6) is -0.155. The molecule has 0 radical (unpaired) electrons. The highest BCUT2D eigenvalue weighted by atomic mass is 32.2. The second-order valence-electron chi connectivity index (χ2n) is 4.82. The van der Waals surface area contributed by atoms with Crippen molar-refractivity contribution < 1.29 is 13.2 Å². The molecule has 0 saturated carbocycles. The van der Waals surface area contributed by atoms with E-state index in [2.05, 4.69) is 5.10 Å². The zero-order valence-corrected chi connectivity index (χ0v) is 11.7. The van der Waals surface area contributed by atoms with Crippen LogP contribution >= 0.6 is 0 Å². The van der Waals surface area contributed by atoms with Crippen LogP contribution in [0.25, 0.3) is 0 Å². The number of amides is 1. The van der Waals surface area contributed by atoms with E-state index in [1.807, 2.05) is 0 Å². The lowest BCUT2D eigenvalue weighted by atomic mass is 10.1. The second-order valence-corrected chi connectivity index (χ2v) is 6.43. The number of rotatable bonds is 4. The summed E-state index contributed by atoms with van der Waals surface area (Å²) in [5, 5.41) is 9.13. The van der Waals surface area contributed by atoms with Crippen LogP contribution in [0.2, 0.25) is 0 Å². The molecule has 1 aliphatic rings. The Balaban J connectivity index is 2.18. The van der Waals surface area contributed by atoms with E-state index in [9.17, 15) is 13.2 Å². The summed E-state index contributed by atoms with van der Waals surface area (Å²) in [6.07, 6.45) is 4.07. The molecule has 0 bridgehead atoms. The molecule has 0 atom stereocenters. The molecule has 106 valence electrons. The largest absolute Gasteiger partial charge is 0.338 e. The minimum atomic E-state index is -3.61.